The number of aromatic nitrogens is 6. The fourth-order valence-electron chi connectivity index (χ4n) is 2.85. The van der Waals surface area contributed by atoms with Gasteiger partial charge in [-0.15, -0.1) is 5.10 Å². The summed E-state index contributed by atoms with van der Waals surface area (Å²) in [6.07, 6.45) is 1.80. The van der Waals surface area contributed by atoms with Gasteiger partial charge < -0.3 is 4.90 Å². The minimum absolute atomic E-state index is 0.623. The molecule has 0 spiro atoms. The van der Waals surface area contributed by atoms with Crippen LogP contribution in [0.3, 0.4) is 0 Å². The molecular formula is C20H19N7. The minimum Gasteiger partial charge on any atom is -0.304 e. The molecule has 2 aromatic carbocycles. The first kappa shape index (κ1) is 17.0. The van der Waals surface area contributed by atoms with E-state index in [0.717, 1.165) is 22.5 Å². The Kier molecular flexibility index (Phi) is 4.67. The second-order valence-corrected chi connectivity index (χ2v) is 6.41. The molecule has 0 atom stereocenters. The monoisotopic (exact) mass is 357 g/mol. The fourth-order valence-corrected chi connectivity index (χ4v) is 2.85. The van der Waals surface area contributed by atoms with Gasteiger partial charge in [-0.1, -0.05) is 48.5 Å². The van der Waals surface area contributed by atoms with Crippen LogP contribution in [0.4, 0.5) is 0 Å². The zero-order chi connectivity index (χ0) is 18.6. The summed E-state index contributed by atoms with van der Waals surface area (Å²) in [5.74, 6) is 1.31. The zero-order valence-electron chi connectivity index (χ0n) is 15.2. The van der Waals surface area contributed by atoms with Crippen molar-refractivity contribution in [3.8, 4) is 28.5 Å². The molecule has 27 heavy (non-hydrogen) atoms. The van der Waals surface area contributed by atoms with Crippen molar-refractivity contribution >= 4 is 0 Å². The molecule has 2 heterocycles. The minimum atomic E-state index is 0.623. The van der Waals surface area contributed by atoms with Crippen molar-refractivity contribution in [1.82, 2.24) is 35.1 Å². The van der Waals surface area contributed by atoms with Crippen LogP contribution in [0.1, 0.15) is 5.69 Å². The van der Waals surface area contributed by atoms with Gasteiger partial charge in [0.2, 0.25) is 0 Å². The average Bonchev–Trinajstić information content (AvgIpc) is 3.18. The van der Waals surface area contributed by atoms with Gasteiger partial charge in [0, 0.05) is 18.3 Å². The molecule has 0 aliphatic rings. The van der Waals surface area contributed by atoms with Crippen LogP contribution in [-0.2, 0) is 6.54 Å². The molecule has 4 rings (SSSR count). The lowest BCUT2D eigenvalue weighted by Gasteiger charge is -2.14. The first-order valence-corrected chi connectivity index (χ1v) is 8.62. The Morgan fingerprint density at radius 2 is 1.63 bits per heavy atom. The summed E-state index contributed by atoms with van der Waals surface area (Å²) in [5, 5.41) is 12.3. The molecule has 7 heteroatoms. The van der Waals surface area contributed by atoms with Crippen LogP contribution < -0.4 is 0 Å². The Morgan fingerprint density at radius 3 is 2.33 bits per heavy atom. The van der Waals surface area contributed by atoms with Crippen LogP contribution in [0, 0.1) is 0 Å². The van der Waals surface area contributed by atoms with E-state index < -0.39 is 0 Å². The molecule has 0 unspecified atom stereocenters. The van der Waals surface area contributed by atoms with Crippen molar-refractivity contribution < 1.29 is 0 Å². The van der Waals surface area contributed by atoms with E-state index in [1.165, 1.54) is 0 Å². The molecule has 0 saturated carbocycles. The number of para-hydroxylation sites is 1. The number of hydrogen-bond acceptors (Lipinski definition) is 6. The van der Waals surface area contributed by atoms with Crippen LogP contribution in [0.5, 0.6) is 0 Å². The zero-order valence-corrected chi connectivity index (χ0v) is 15.2. The number of tetrazole rings is 1. The molecular weight excluding hydrogens is 338 g/mol. The van der Waals surface area contributed by atoms with Crippen molar-refractivity contribution in [3.05, 3.63) is 72.6 Å². The molecule has 0 N–H and O–H groups in total. The first-order chi connectivity index (χ1) is 13.2. The second-order valence-electron chi connectivity index (χ2n) is 6.41. The lowest BCUT2D eigenvalue weighted by atomic mass is 10.1. The molecule has 7 nitrogen and oxygen atoms in total. The first-order valence-electron chi connectivity index (χ1n) is 8.62. The van der Waals surface area contributed by atoms with Crippen molar-refractivity contribution in [3.63, 3.8) is 0 Å². The van der Waals surface area contributed by atoms with E-state index in [4.69, 9.17) is 4.98 Å². The highest BCUT2D eigenvalue weighted by atomic mass is 15.5. The van der Waals surface area contributed by atoms with Gasteiger partial charge in [0.25, 0.3) is 0 Å². The maximum atomic E-state index is 4.81. The summed E-state index contributed by atoms with van der Waals surface area (Å²) in [6.45, 7) is 0.652. The molecule has 0 radical (unpaired) electrons. The van der Waals surface area contributed by atoms with Gasteiger partial charge in [-0.05, 0) is 36.7 Å². The Balaban J connectivity index is 1.83. The number of hydrogen-bond donors (Lipinski definition) is 0. The van der Waals surface area contributed by atoms with Gasteiger partial charge in [-0.2, -0.15) is 4.68 Å². The van der Waals surface area contributed by atoms with Crippen molar-refractivity contribution in [2.45, 2.75) is 6.54 Å². The highest BCUT2D eigenvalue weighted by molar-refractivity contribution is 5.63. The van der Waals surface area contributed by atoms with Gasteiger partial charge in [0.15, 0.2) is 11.6 Å². The predicted molar refractivity (Wildman–Crippen MR) is 103 cm³/mol. The Labute approximate surface area is 157 Å². The summed E-state index contributed by atoms with van der Waals surface area (Å²) in [5.41, 5.74) is 3.56. The standard InChI is InChI=1S/C20H19N7/c1-26(2)14-18-17(13-21-19(22-18)15-9-5-3-6-10-15)20-23-24-25-27(20)16-11-7-4-8-12-16/h3-13H,14H2,1-2H3. The lowest BCUT2D eigenvalue weighted by molar-refractivity contribution is 0.397. The van der Waals surface area contributed by atoms with E-state index in [9.17, 15) is 0 Å². The van der Waals surface area contributed by atoms with Crippen LogP contribution in [-0.4, -0.2) is 49.2 Å². The number of nitrogens with zero attached hydrogens (tertiary/aromatic N) is 7. The van der Waals surface area contributed by atoms with Crippen LogP contribution >= 0.6 is 0 Å². The molecule has 0 bridgehead atoms. The van der Waals surface area contributed by atoms with Crippen molar-refractivity contribution in [1.29, 1.82) is 0 Å². The molecule has 134 valence electrons. The summed E-state index contributed by atoms with van der Waals surface area (Å²) >= 11 is 0. The van der Waals surface area contributed by atoms with Gasteiger partial charge in [0.1, 0.15) is 0 Å². The molecule has 0 aliphatic heterocycles. The third kappa shape index (κ3) is 3.58. The second kappa shape index (κ2) is 7.43. The van der Waals surface area contributed by atoms with E-state index >= 15 is 0 Å². The van der Waals surface area contributed by atoms with E-state index in [2.05, 4.69) is 25.4 Å². The fraction of sp³-hybridized carbons (Fsp3) is 0.150. The maximum absolute atomic E-state index is 4.81. The van der Waals surface area contributed by atoms with E-state index in [0.29, 0.717) is 18.2 Å². The van der Waals surface area contributed by atoms with Gasteiger partial charge in [-0.3, -0.25) is 0 Å². The third-order valence-corrected chi connectivity index (χ3v) is 4.08. The third-order valence-electron chi connectivity index (χ3n) is 4.08. The van der Waals surface area contributed by atoms with Gasteiger partial charge in [-0.25, -0.2) is 9.97 Å². The van der Waals surface area contributed by atoms with E-state index in [1.54, 1.807) is 10.9 Å². The highest BCUT2D eigenvalue weighted by Crippen LogP contribution is 2.25. The Morgan fingerprint density at radius 1 is 0.926 bits per heavy atom. The summed E-state index contributed by atoms with van der Waals surface area (Å²) in [6, 6.07) is 19.7. The van der Waals surface area contributed by atoms with E-state index in [-0.39, 0.29) is 0 Å². The smallest absolute Gasteiger partial charge is 0.190 e. The SMILES string of the molecule is CN(C)Cc1nc(-c2ccccc2)ncc1-c1nnnn1-c1ccccc1. The average molecular weight is 357 g/mol. The van der Waals surface area contributed by atoms with Crippen molar-refractivity contribution in [2.75, 3.05) is 14.1 Å². The number of benzene rings is 2. The van der Waals surface area contributed by atoms with Crippen LogP contribution in [0.2, 0.25) is 0 Å². The van der Waals surface area contributed by atoms with Crippen molar-refractivity contribution in [2.24, 2.45) is 0 Å². The highest BCUT2D eigenvalue weighted by Gasteiger charge is 2.18. The summed E-state index contributed by atoms with van der Waals surface area (Å²) < 4.78 is 1.71. The van der Waals surface area contributed by atoms with Gasteiger partial charge >= 0.3 is 0 Å². The topological polar surface area (TPSA) is 72.6 Å². The molecule has 0 amide bonds. The Hall–Kier alpha value is -3.45. The summed E-state index contributed by atoms with van der Waals surface area (Å²) in [4.78, 5) is 11.4. The van der Waals surface area contributed by atoms with Crippen LogP contribution in [0.25, 0.3) is 28.5 Å². The molecule has 0 aliphatic carbocycles. The maximum Gasteiger partial charge on any atom is 0.190 e. The van der Waals surface area contributed by atoms with E-state index in [1.807, 2.05) is 74.8 Å². The summed E-state index contributed by atoms with van der Waals surface area (Å²) in [7, 11) is 4.02. The quantitative estimate of drug-likeness (QED) is 0.547. The lowest BCUT2D eigenvalue weighted by Crippen LogP contribution is -2.14. The largest absolute Gasteiger partial charge is 0.304 e. The molecule has 4 aromatic rings. The number of rotatable bonds is 5. The molecule has 0 fully saturated rings. The normalized spacial score (nSPS) is 11.1. The van der Waals surface area contributed by atoms with Crippen LogP contribution in [0.15, 0.2) is 66.9 Å². The molecule has 0 saturated heterocycles. The predicted octanol–water partition coefficient (Wildman–Crippen LogP) is 2.85. The molecule has 2 aromatic heterocycles. The Bertz CT molecular complexity index is 1030. The van der Waals surface area contributed by atoms with Gasteiger partial charge in [0.05, 0.1) is 16.9 Å².